The van der Waals surface area contributed by atoms with E-state index < -0.39 is 18.2 Å². The highest BCUT2D eigenvalue weighted by Crippen LogP contribution is 2.32. The standard InChI is InChI=1S/C46H51N5O7/c52-39-15-13-37(38-14-16-42(54)48-44(38)39)40(53)27-47-26-30-17-23-51(24-18-30)45(55)34-11-9-31(10-12-34)29-57-36-8-4-7-35(25-36)43(33-5-2-1-3-6-33)49-46(56)58-41-28-50-21-19-32(41)20-22-50/h1-16,25,30,32,40-41,43,47,52-53H,17-24,26-29H2,(H,48,54)(H,49,56)/t40-,41-,43-/m0/s1. The maximum absolute atomic E-state index is 13.4. The number of hydrogen-bond donors (Lipinski definition) is 5. The van der Waals surface area contributed by atoms with E-state index in [9.17, 15) is 24.6 Å². The van der Waals surface area contributed by atoms with Gasteiger partial charge in [0, 0.05) is 43.2 Å². The van der Waals surface area contributed by atoms with E-state index in [1.54, 1.807) is 12.1 Å². The van der Waals surface area contributed by atoms with Crippen molar-refractivity contribution in [1.82, 2.24) is 25.4 Å². The highest BCUT2D eigenvalue weighted by atomic mass is 16.6. The number of H-pyrrole nitrogens is 1. The van der Waals surface area contributed by atoms with Gasteiger partial charge in [-0.1, -0.05) is 60.7 Å². The minimum Gasteiger partial charge on any atom is -0.506 e. The van der Waals surface area contributed by atoms with Crippen molar-refractivity contribution in [3.05, 3.63) is 141 Å². The molecule has 4 aliphatic rings. The van der Waals surface area contributed by atoms with Crippen LogP contribution in [0.3, 0.4) is 0 Å². The molecule has 4 aliphatic heterocycles. The fourth-order valence-electron chi connectivity index (χ4n) is 8.64. The average Bonchev–Trinajstić information content (AvgIpc) is 3.26. The number of rotatable bonds is 13. The van der Waals surface area contributed by atoms with Gasteiger partial charge in [-0.25, -0.2) is 4.79 Å². The van der Waals surface area contributed by atoms with Crippen LogP contribution in [-0.4, -0.2) is 88.9 Å². The van der Waals surface area contributed by atoms with Crippen LogP contribution in [0.4, 0.5) is 4.79 Å². The number of hydrogen-bond acceptors (Lipinski definition) is 9. The van der Waals surface area contributed by atoms with Crippen LogP contribution in [0.15, 0.2) is 108 Å². The Morgan fingerprint density at radius 1 is 0.845 bits per heavy atom. The summed E-state index contributed by atoms with van der Waals surface area (Å²) in [6.07, 6.45) is 2.53. The van der Waals surface area contributed by atoms with Gasteiger partial charge in [-0.2, -0.15) is 0 Å². The molecule has 4 saturated heterocycles. The number of ether oxygens (including phenoxy) is 2. The molecule has 3 atom stereocenters. The zero-order valence-corrected chi connectivity index (χ0v) is 32.5. The number of phenols is 1. The number of aromatic nitrogens is 1. The normalized spacial score (nSPS) is 20.4. The van der Waals surface area contributed by atoms with Crippen LogP contribution in [0.25, 0.3) is 10.9 Å². The van der Waals surface area contributed by atoms with Crippen molar-refractivity contribution in [1.29, 1.82) is 0 Å². The van der Waals surface area contributed by atoms with E-state index >= 15 is 0 Å². The molecule has 12 nitrogen and oxygen atoms in total. The molecule has 0 aliphatic carbocycles. The van der Waals surface area contributed by atoms with Gasteiger partial charge in [-0.05, 0) is 116 Å². The summed E-state index contributed by atoms with van der Waals surface area (Å²) in [6, 6.07) is 30.9. The van der Waals surface area contributed by atoms with E-state index in [4.69, 9.17) is 9.47 Å². The van der Waals surface area contributed by atoms with Crippen LogP contribution in [0.1, 0.15) is 70.4 Å². The van der Waals surface area contributed by atoms with E-state index in [1.807, 2.05) is 83.8 Å². The molecule has 5 aromatic rings. The molecular weight excluding hydrogens is 735 g/mol. The Balaban J connectivity index is 0.806. The zero-order chi connectivity index (χ0) is 40.0. The van der Waals surface area contributed by atoms with Crippen LogP contribution in [0.5, 0.6) is 11.5 Å². The number of nitrogens with zero attached hydrogens (tertiary/aromatic N) is 2. The van der Waals surface area contributed by atoms with Gasteiger partial charge in [0.25, 0.3) is 5.91 Å². The third kappa shape index (κ3) is 9.20. The van der Waals surface area contributed by atoms with Crippen LogP contribution in [0, 0.1) is 11.8 Å². The summed E-state index contributed by atoms with van der Waals surface area (Å²) in [5.74, 6) is 1.43. The van der Waals surface area contributed by atoms with E-state index in [0.29, 0.717) is 72.4 Å². The van der Waals surface area contributed by atoms with E-state index in [-0.39, 0.29) is 23.3 Å². The molecule has 9 rings (SSSR count). The number of carbonyl (C=O) groups excluding carboxylic acids is 2. The number of phenolic OH excluding ortho intramolecular Hbond substituents is 1. The number of amides is 2. The molecule has 4 fully saturated rings. The Morgan fingerprint density at radius 2 is 1.60 bits per heavy atom. The van der Waals surface area contributed by atoms with Gasteiger partial charge >= 0.3 is 6.09 Å². The predicted molar refractivity (Wildman–Crippen MR) is 221 cm³/mol. The molecule has 5 heterocycles. The molecule has 302 valence electrons. The van der Waals surface area contributed by atoms with Crippen molar-refractivity contribution < 1.29 is 29.3 Å². The average molecular weight is 786 g/mol. The summed E-state index contributed by atoms with van der Waals surface area (Å²) >= 11 is 0. The highest BCUT2D eigenvalue weighted by molar-refractivity contribution is 5.94. The number of aromatic hydroxyl groups is 1. The quantitative estimate of drug-likeness (QED) is 0.0982. The lowest BCUT2D eigenvalue weighted by atomic mass is 9.86. The number of pyridine rings is 1. The number of carbonyl (C=O) groups is 2. The van der Waals surface area contributed by atoms with Crippen molar-refractivity contribution in [3.8, 4) is 11.5 Å². The lowest BCUT2D eigenvalue weighted by Gasteiger charge is -2.43. The van der Waals surface area contributed by atoms with E-state index in [1.165, 1.54) is 12.1 Å². The summed E-state index contributed by atoms with van der Waals surface area (Å²) in [5, 5.41) is 28.2. The summed E-state index contributed by atoms with van der Waals surface area (Å²) in [4.78, 5) is 45.3. The fraction of sp³-hybridized carbons (Fsp3) is 0.370. The number of aromatic amines is 1. The molecule has 2 bridgehead atoms. The van der Waals surface area contributed by atoms with Crippen LogP contribution in [0.2, 0.25) is 0 Å². The Morgan fingerprint density at radius 3 is 2.34 bits per heavy atom. The smallest absolute Gasteiger partial charge is 0.408 e. The van der Waals surface area contributed by atoms with Gasteiger partial charge in [0.05, 0.1) is 17.7 Å². The number of fused-ring (bicyclic) bond motifs is 4. The highest BCUT2D eigenvalue weighted by Gasteiger charge is 2.37. The maximum atomic E-state index is 13.4. The number of alkyl carbamates (subject to hydrolysis) is 1. The lowest BCUT2D eigenvalue weighted by Crippen LogP contribution is -2.52. The van der Waals surface area contributed by atoms with Gasteiger partial charge in [0.1, 0.15) is 24.2 Å². The molecule has 2 amide bonds. The molecule has 5 N–H and O–H groups in total. The van der Waals surface area contributed by atoms with Crippen LogP contribution in [-0.2, 0) is 11.3 Å². The molecule has 4 aromatic carbocycles. The van der Waals surface area contributed by atoms with E-state index in [0.717, 1.165) is 62.0 Å². The first-order chi connectivity index (χ1) is 28.3. The van der Waals surface area contributed by atoms with Gasteiger partial charge < -0.3 is 40.2 Å². The molecule has 0 radical (unpaired) electrons. The second kappa shape index (κ2) is 17.8. The van der Waals surface area contributed by atoms with Crippen molar-refractivity contribution in [2.45, 2.75) is 50.5 Å². The Labute approximate surface area is 337 Å². The minimum atomic E-state index is -0.819. The van der Waals surface area contributed by atoms with Gasteiger partial charge in [0.2, 0.25) is 5.56 Å². The Hall–Kier alpha value is -5.69. The van der Waals surface area contributed by atoms with Crippen molar-refractivity contribution >= 4 is 22.9 Å². The third-order valence-electron chi connectivity index (χ3n) is 12.0. The van der Waals surface area contributed by atoms with Gasteiger partial charge in [0.15, 0.2) is 0 Å². The topological polar surface area (TPSA) is 156 Å². The SMILES string of the molecule is O=C(N[C@@H](c1ccccc1)c1cccc(OCc2ccc(C(=O)N3CCC(CNC[C@H](O)c4ccc(O)c5[nH]c(=O)ccc45)CC3)cc2)c1)O[C@H]1CN2CCC1CC2. The number of aliphatic hydroxyl groups excluding tert-OH is 1. The summed E-state index contributed by atoms with van der Waals surface area (Å²) < 4.78 is 12.2. The maximum Gasteiger partial charge on any atom is 0.408 e. The first-order valence-electron chi connectivity index (χ1n) is 20.4. The van der Waals surface area contributed by atoms with Crippen molar-refractivity contribution in [2.75, 3.05) is 45.8 Å². The van der Waals surface area contributed by atoms with Gasteiger partial charge in [-0.3, -0.25) is 14.5 Å². The summed E-state index contributed by atoms with van der Waals surface area (Å²) in [7, 11) is 0. The molecule has 1 aromatic heterocycles. The van der Waals surface area contributed by atoms with Crippen molar-refractivity contribution in [2.24, 2.45) is 11.8 Å². The number of likely N-dealkylation sites (tertiary alicyclic amines) is 1. The third-order valence-corrected chi connectivity index (χ3v) is 12.0. The molecule has 12 heteroatoms. The summed E-state index contributed by atoms with van der Waals surface area (Å²) in [6.45, 7) is 5.62. The number of aliphatic hydroxyl groups is 1. The zero-order valence-electron chi connectivity index (χ0n) is 32.5. The number of nitrogens with one attached hydrogen (secondary N) is 3. The molecular formula is C46H51N5O7. The molecule has 0 unspecified atom stereocenters. The Bertz CT molecular complexity index is 2250. The number of piperidine rings is 4. The van der Waals surface area contributed by atoms with Crippen LogP contribution >= 0.6 is 0 Å². The predicted octanol–water partition coefficient (Wildman–Crippen LogP) is 5.90. The van der Waals surface area contributed by atoms with Gasteiger partial charge in [-0.15, -0.1) is 0 Å². The fourth-order valence-corrected chi connectivity index (χ4v) is 8.64. The first-order valence-corrected chi connectivity index (χ1v) is 20.4. The second-order valence-corrected chi connectivity index (χ2v) is 15.8. The molecule has 0 spiro atoms. The summed E-state index contributed by atoms with van der Waals surface area (Å²) in [5.41, 5.74) is 4.02. The second-order valence-electron chi connectivity index (χ2n) is 15.8. The van der Waals surface area contributed by atoms with Crippen LogP contribution < -0.4 is 20.9 Å². The lowest BCUT2D eigenvalue weighted by molar-refractivity contribution is -0.0336. The Kier molecular flexibility index (Phi) is 12.0. The molecule has 0 saturated carbocycles. The molecule has 58 heavy (non-hydrogen) atoms. The monoisotopic (exact) mass is 785 g/mol. The number of benzene rings is 4. The minimum absolute atomic E-state index is 0.00531. The largest absolute Gasteiger partial charge is 0.506 e. The first kappa shape index (κ1) is 39.2. The van der Waals surface area contributed by atoms with Crippen molar-refractivity contribution in [3.63, 3.8) is 0 Å². The van der Waals surface area contributed by atoms with E-state index in [2.05, 4.69) is 20.5 Å².